The monoisotopic (exact) mass is 279 g/mol. The molecule has 0 spiro atoms. The Morgan fingerprint density at radius 1 is 1.35 bits per heavy atom. The Morgan fingerprint density at radius 3 is 2.80 bits per heavy atom. The maximum atomic E-state index is 11.8. The summed E-state index contributed by atoms with van der Waals surface area (Å²) in [6, 6.07) is 0. The zero-order valence-electron chi connectivity index (χ0n) is 11.8. The number of anilines is 1. The molecule has 2 heterocycles. The van der Waals surface area contributed by atoms with Gasteiger partial charge in [-0.1, -0.05) is 0 Å². The van der Waals surface area contributed by atoms with E-state index in [1.165, 1.54) is 6.20 Å². The fraction of sp³-hybridized carbons (Fsp3) is 0.615. The first-order chi connectivity index (χ1) is 9.79. The lowest BCUT2D eigenvalue weighted by Crippen LogP contribution is -2.38. The largest absolute Gasteiger partial charge is 0.379 e. The van der Waals surface area contributed by atoms with Crippen molar-refractivity contribution in [3.63, 3.8) is 0 Å². The molecule has 0 unspecified atom stereocenters. The average Bonchev–Trinajstić information content (AvgIpc) is 2.52. The van der Waals surface area contributed by atoms with Gasteiger partial charge in [0.15, 0.2) is 0 Å². The van der Waals surface area contributed by atoms with E-state index in [0.717, 1.165) is 39.3 Å². The van der Waals surface area contributed by atoms with Crippen LogP contribution in [0.2, 0.25) is 0 Å². The molecule has 2 N–H and O–H groups in total. The number of hydrogen-bond acceptors (Lipinski definition) is 6. The third-order valence-corrected chi connectivity index (χ3v) is 3.18. The van der Waals surface area contributed by atoms with Gasteiger partial charge in [0, 0.05) is 26.7 Å². The molecular formula is C13H21N5O2. The zero-order chi connectivity index (χ0) is 14.2. The molecule has 1 saturated heterocycles. The van der Waals surface area contributed by atoms with Crippen molar-refractivity contribution < 1.29 is 9.53 Å². The lowest BCUT2D eigenvalue weighted by atomic mass is 10.3. The van der Waals surface area contributed by atoms with E-state index in [2.05, 4.69) is 25.5 Å². The maximum Gasteiger partial charge on any atom is 0.271 e. The molecule has 7 heteroatoms. The summed E-state index contributed by atoms with van der Waals surface area (Å²) >= 11 is 0. The summed E-state index contributed by atoms with van der Waals surface area (Å²) < 4.78 is 5.29. The van der Waals surface area contributed by atoms with E-state index in [-0.39, 0.29) is 5.91 Å². The van der Waals surface area contributed by atoms with Gasteiger partial charge < -0.3 is 15.4 Å². The van der Waals surface area contributed by atoms with Crippen LogP contribution in [0.15, 0.2) is 12.4 Å². The predicted molar refractivity (Wildman–Crippen MR) is 75.8 cm³/mol. The maximum absolute atomic E-state index is 11.8. The summed E-state index contributed by atoms with van der Waals surface area (Å²) in [6.07, 6.45) is 3.94. The molecule has 1 fully saturated rings. The van der Waals surface area contributed by atoms with Crippen molar-refractivity contribution in [2.24, 2.45) is 0 Å². The summed E-state index contributed by atoms with van der Waals surface area (Å²) in [5, 5.41) is 5.72. The van der Waals surface area contributed by atoms with Gasteiger partial charge in [0.05, 0.1) is 25.6 Å². The SMILES string of the molecule is CNc1cnc(C(=O)NCCCN2CCOCC2)cn1. The van der Waals surface area contributed by atoms with Gasteiger partial charge in [-0.3, -0.25) is 9.69 Å². The van der Waals surface area contributed by atoms with Crippen LogP contribution in [0.25, 0.3) is 0 Å². The van der Waals surface area contributed by atoms with Gasteiger partial charge in [-0.15, -0.1) is 0 Å². The molecule has 1 aliphatic rings. The van der Waals surface area contributed by atoms with E-state index in [1.807, 2.05) is 0 Å². The number of carbonyl (C=O) groups is 1. The first kappa shape index (κ1) is 14.7. The summed E-state index contributed by atoms with van der Waals surface area (Å²) in [4.78, 5) is 22.3. The Balaban J connectivity index is 1.66. The number of nitrogens with one attached hydrogen (secondary N) is 2. The fourth-order valence-corrected chi connectivity index (χ4v) is 1.99. The number of carbonyl (C=O) groups excluding carboxylic acids is 1. The first-order valence-electron chi connectivity index (χ1n) is 6.87. The minimum absolute atomic E-state index is 0.179. The van der Waals surface area contributed by atoms with E-state index in [0.29, 0.717) is 18.1 Å². The number of amides is 1. The topological polar surface area (TPSA) is 79.4 Å². The molecule has 0 bridgehead atoms. The second-order valence-electron chi connectivity index (χ2n) is 4.60. The normalized spacial score (nSPS) is 15.8. The van der Waals surface area contributed by atoms with Gasteiger partial charge in [0.2, 0.25) is 0 Å². The van der Waals surface area contributed by atoms with Crippen molar-refractivity contribution in [3.8, 4) is 0 Å². The van der Waals surface area contributed by atoms with Crippen LogP contribution < -0.4 is 10.6 Å². The van der Waals surface area contributed by atoms with Crippen LogP contribution >= 0.6 is 0 Å². The number of ether oxygens (including phenoxy) is 1. The highest BCUT2D eigenvalue weighted by molar-refractivity contribution is 5.91. The molecule has 2 rings (SSSR count). The number of morpholine rings is 1. The highest BCUT2D eigenvalue weighted by Gasteiger charge is 2.10. The lowest BCUT2D eigenvalue weighted by molar-refractivity contribution is 0.0374. The van der Waals surface area contributed by atoms with Crippen LogP contribution in [-0.4, -0.2) is 67.2 Å². The smallest absolute Gasteiger partial charge is 0.271 e. The number of aromatic nitrogens is 2. The van der Waals surface area contributed by atoms with E-state index >= 15 is 0 Å². The highest BCUT2D eigenvalue weighted by atomic mass is 16.5. The second kappa shape index (κ2) is 7.76. The summed E-state index contributed by atoms with van der Waals surface area (Å²) in [6.45, 7) is 5.19. The highest BCUT2D eigenvalue weighted by Crippen LogP contribution is 2.00. The van der Waals surface area contributed by atoms with Gasteiger partial charge >= 0.3 is 0 Å². The van der Waals surface area contributed by atoms with E-state index in [4.69, 9.17) is 4.74 Å². The Bertz CT molecular complexity index is 417. The summed E-state index contributed by atoms with van der Waals surface area (Å²) in [7, 11) is 1.76. The van der Waals surface area contributed by atoms with E-state index in [1.54, 1.807) is 13.2 Å². The Kier molecular flexibility index (Phi) is 5.69. The molecule has 0 radical (unpaired) electrons. The molecule has 0 saturated carbocycles. The molecule has 0 atom stereocenters. The van der Waals surface area contributed by atoms with Gasteiger partial charge in [-0.25, -0.2) is 9.97 Å². The van der Waals surface area contributed by atoms with Crippen LogP contribution in [0.3, 0.4) is 0 Å². The van der Waals surface area contributed by atoms with Crippen LogP contribution in [-0.2, 0) is 4.74 Å². The third kappa shape index (κ3) is 4.43. The Labute approximate surface area is 118 Å². The molecular weight excluding hydrogens is 258 g/mol. The fourth-order valence-electron chi connectivity index (χ4n) is 1.99. The Morgan fingerprint density at radius 2 is 2.15 bits per heavy atom. The van der Waals surface area contributed by atoms with Gasteiger partial charge in [0.25, 0.3) is 5.91 Å². The summed E-state index contributed by atoms with van der Waals surface area (Å²) in [5.74, 6) is 0.469. The van der Waals surface area contributed by atoms with Gasteiger partial charge in [-0.05, 0) is 13.0 Å². The molecule has 1 aromatic heterocycles. The van der Waals surface area contributed by atoms with Crippen molar-refractivity contribution in [3.05, 3.63) is 18.1 Å². The van der Waals surface area contributed by atoms with Crippen molar-refractivity contribution in [1.82, 2.24) is 20.2 Å². The molecule has 0 aliphatic carbocycles. The van der Waals surface area contributed by atoms with Gasteiger partial charge in [-0.2, -0.15) is 0 Å². The third-order valence-electron chi connectivity index (χ3n) is 3.18. The molecule has 0 aromatic carbocycles. The lowest BCUT2D eigenvalue weighted by Gasteiger charge is -2.26. The van der Waals surface area contributed by atoms with Crippen LogP contribution in [0.1, 0.15) is 16.9 Å². The number of rotatable bonds is 6. The summed E-state index contributed by atoms with van der Waals surface area (Å²) in [5.41, 5.74) is 0.343. The standard InChI is InChI=1S/C13H21N5O2/c1-14-12-10-16-11(9-17-12)13(19)15-3-2-4-18-5-7-20-8-6-18/h9-10H,2-8H2,1H3,(H,14,17)(H,15,19). The van der Waals surface area contributed by atoms with E-state index < -0.39 is 0 Å². The zero-order valence-corrected chi connectivity index (χ0v) is 11.8. The Hall–Kier alpha value is -1.73. The molecule has 7 nitrogen and oxygen atoms in total. The predicted octanol–water partition coefficient (Wildman–Crippen LogP) is -0.0296. The number of nitrogens with zero attached hydrogens (tertiary/aromatic N) is 3. The quantitative estimate of drug-likeness (QED) is 0.712. The minimum atomic E-state index is -0.179. The van der Waals surface area contributed by atoms with Crippen molar-refractivity contribution in [2.45, 2.75) is 6.42 Å². The van der Waals surface area contributed by atoms with Crippen molar-refractivity contribution >= 4 is 11.7 Å². The minimum Gasteiger partial charge on any atom is -0.379 e. The van der Waals surface area contributed by atoms with Crippen molar-refractivity contribution in [2.75, 3.05) is 51.8 Å². The van der Waals surface area contributed by atoms with Crippen LogP contribution in [0, 0.1) is 0 Å². The molecule has 20 heavy (non-hydrogen) atoms. The van der Waals surface area contributed by atoms with E-state index in [9.17, 15) is 4.79 Å². The molecule has 1 aliphatic heterocycles. The first-order valence-corrected chi connectivity index (χ1v) is 6.87. The average molecular weight is 279 g/mol. The van der Waals surface area contributed by atoms with Crippen LogP contribution in [0.5, 0.6) is 0 Å². The molecule has 110 valence electrons. The van der Waals surface area contributed by atoms with Gasteiger partial charge in [0.1, 0.15) is 11.5 Å². The molecule has 1 aromatic rings. The number of hydrogen-bond donors (Lipinski definition) is 2. The van der Waals surface area contributed by atoms with Crippen LogP contribution in [0.4, 0.5) is 5.82 Å². The second-order valence-corrected chi connectivity index (χ2v) is 4.60. The van der Waals surface area contributed by atoms with Crippen molar-refractivity contribution in [1.29, 1.82) is 0 Å². The molecule has 1 amide bonds.